The number of anilines is 1. The van der Waals surface area contributed by atoms with Gasteiger partial charge in [-0.2, -0.15) is 0 Å². The van der Waals surface area contributed by atoms with E-state index in [9.17, 15) is 9.90 Å². The van der Waals surface area contributed by atoms with E-state index >= 15 is 0 Å². The topological polar surface area (TPSA) is 58.6 Å². The van der Waals surface area contributed by atoms with Crippen molar-refractivity contribution >= 4 is 11.7 Å². The van der Waals surface area contributed by atoms with E-state index in [0.717, 1.165) is 37.1 Å². The number of aliphatic carboxylic acids is 1. The van der Waals surface area contributed by atoms with Gasteiger partial charge in [-0.3, -0.25) is 0 Å². The number of methoxy groups -OCH3 is 1. The maximum Gasteiger partial charge on any atom is 0.326 e. The average molecular weight is 265 g/mol. The van der Waals surface area contributed by atoms with Gasteiger partial charge in [0.2, 0.25) is 0 Å². The van der Waals surface area contributed by atoms with Gasteiger partial charge in [0.05, 0.1) is 7.11 Å². The smallest absolute Gasteiger partial charge is 0.326 e. The molecule has 0 saturated carbocycles. The summed E-state index contributed by atoms with van der Waals surface area (Å²) < 4.78 is 5.07. The number of rotatable bonds is 9. The summed E-state index contributed by atoms with van der Waals surface area (Å²) in [6.07, 6.45) is 5.00. The number of hydrogen-bond donors (Lipinski definition) is 2. The summed E-state index contributed by atoms with van der Waals surface area (Å²) in [6.45, 7) is 2.14. The van der Waals surface area contributed by atoms with Crippen LogP contribution >= 0.6 is 0 Å². The minimum Gasteiger partial charge on any atom is -0.497 e. The highest BCUT2D eigenvalue weighted by molar-refractivity contribution is 5.77. The molecule has 1 atom stereocenters. The van der Waals surface area contributed by atoms with Crippen molar-refractivity contribution in [2.45, 2.75) is 45.1 Å². The Kier molecular flexibility index (Phi) is 6.79. The molecule has 0 spiro atoms. The van der Waals surface area contributed by atoms with Crippen LogP contribution in [-0.4, -0.2) is 24.2 Å². The predicted octanol–water partition coefficient (Wildman–Crippen LogP) is 3.53. The summed E-state index contributed by atoms with van der Waals surface area (Å²) in [6, 6.07) is 6.78. The van der Waals surface area contributed by atoms with Crippen LogP contribution in [0.25, 0.3) is 0 Å². The van der Waals surface area contributed by atoms with Gasteiger partial charge in [0.25, 0.3) is 0 Å². The number of unbranched alkanes of at least 4 members (excludes halogenated alkanes) is 3. The number of hydrogen-bond acceptors (Lipinski definition) is 3. The van der Waals surface area contributed by atoms with Crippen molar-refractivity contribution in [3.05, 3.63) is 24.3 Å². The minimum atomic E-state index is -0.799. The van der Waals surface area contributed by atoms with Gasteiger partial charge >= 0.3 is 5.97 Å². The van der Waals surface area contributed by atoms with E-state index < -0.39 is 12.0 Å². The zero-order valence-corrected chi connectivity index (χ0v) is 11.7. The van der Waals surface area contributed by atoms with E-state index in [0.29, 0.717) is 6.42 Å². The van der Waals surface area contributed by atoms with E-state index in [1.807, 2.05) is 24.3 Å². The molecule has 19 heavy (non-hydrogen) atoms. The number of ether oxygens (including phenoxy) is 1. The van der Waals surface area contributed by atoms with E-state index in [1.165, 1.54) is 0 Å². The van der Waals surface area contributed by atoms with Crippen LogP contribution in [0, 0.1) is 0 Å². The summed E-state index contributed by atoms with van der Waals surface area (Å²) in [4.78, 5) is 11.2. The van der Waals surface area contributed by atoms with Crippen LogP contribution in [0.5, 0.6) is 5.75 Å². The quantitative estimate of drug-likeness (QED) is 0.671. The largest absolute Gasteiger partial charge is 0.497 e. The first-order valence-corrected chi connectivity index (χ1v) is 6.80. The van der Waals surface area contributed by atoms with Crippen molar-refractivity contribution in [3.8, 4) is 5.75 Å². The second-order valence-corrected chi connectivity index (χ2v) is 4.61. The van der Waals surface area contributed by atoms with Gasteiger partial charge in [0, 0.05) is 5.69 Å². The zero-order chi connectivity index (χ0) is 14.1. The maximum atomic E-state index is 11.2. The van der Waals surface area contributed by atoms with Crippen LogP contribution in [-0.2, 0) is 4.79 Å². The minimum absolute atomic E-state index is 0.523. The van der Waals surface area contributed by atoms with Crippen LogP contribution in [0.15, 0.2) is 24.3 Å². The molecule has 1 unspecified atom stereocenters. The number of nitrogens with one attached hydrogen (secondary N) is 1. The Morgan fingerprint density at radius 1 is 1.26 bits per heavy atom. The fourth-order valence-corrected chi connectivity index (χ4v) is 1.92. The Hall–Kier alpha value is -1.71. The van der Waals surface area contributed by atoms with Crippen molar-refractivity contribution in [2.24, 2.45) is 0 Å². The van der Waals surface area contributed by atoms with Gasteiger partial charge in [-0.15, -0.1) is 0 Å². The number of carboxylic acid groups (broad SMARTS) is 1. The molecule has 0 heterocycles. The summed E-state index contributed by atoms with van der Waals surface area (Å²) in [5, 5.41) is 12.3. The van der Waals surface area contributed by atoms with Gasteiger partial charge in [0.15, 0.2) is 0 Å². The highest BCUT2D eigenvalue weighted by Gasteiger charge is 2.16. The highest BCUT2D eigenvalue weighted by atomic mass is 16.5. The number of carboxylic acids is 1. The summed E-state index contributed by atoms with van der Waals surface area (Å²) in [7, 11) is 1.61. The fraction of sp³-hybridized carbons (Fsp3) is 0.533. The number of carbonyl (C=O) groups is 1. The molecule has 0 fully saturated rings. The molecule has 0 aromatic heterocycles. The van der Waals surface area contributed by atoms with E-state index in [-0.39, 0.29) is 0 Å². The normalized spacial score (nSPS) is 11.9. The molecule has 106 valence electrons. The van der Waals surface area contributed by atoms with Gasteiger partial charge in [-0.05, 0) is 30.7 Å². The second kappa shape index (κ2) is 8.40. The Morgan fingerprint density at radius 3 is 2.47 bits per heavy atom. The monoisotopic (exact) mass is 265 g/mol. The predicted molar refractivity (Wildman–Crippen MR) is 76.8 cm³/mol. The molecule has 0 radical (unpaired) electrons. The summed E-state index contributed by atoms with van der Waals surface area (Å²) in [5.74, 6) is -0.0345. The molecule has 4 nitrogen and oxygen atoms in total. The van der Waals surface area contributed by atoms with Crippen molar-refractivity contribution in [2.75, 3.05) is 12.4 Å². The lowest BCUT2D eigenvalue weighted by Crippen LogP contribution is -2.29. The third-order valence-corrected chi connectivity index (χ3v) is 3.08. The van der Waals surface area contributed by atoms with Gasteiger partial charge in [0.1, 0.15) is 11.8 Å². The fourth-order valence-electron chi connectivity index (χ4n) is 1.92. The zero-order valence-electron chi connectivity index (χ0n) is 11.7. The lowest BCUT2D eigenvalue weighted by atomic mass is 10.1. The molecule has 0 amide bonds. The van der Waals surface area contributed by atoms with Gasteiger partial charge in [-0.25, -0.2) is 4.79 Å². The Labute approximate surface area is 114 Å². The highest BCUT2D eigenvalue weighted by Crippen LogP contribution is 2.17. The van der Waals surface area contributed by atoms with Gasteiger partial charge in [-0.1, -0.05) is 32.6 Å². The molecule has 1 aromatic rings. The molecule has 2 N–H and O–H groups in total. The van der Waals surface area contributed by atoms with E-state index in [1.54, 1.807) is 7.11 Å². The molecule has 1 rings (SSSR count). The molecular weight excluding hydrogens is 242 g/mol. The maximum absolute atomic E-state index is 11.2. The second-order valence-electron chi connectivity index (χ2n) is 4.61. The SMILES string of the molecule is CCCCCCC(Nc1ccc(OC)cc1)C(=O)O. The van der Waals surface area contributed by atoms with Crippen molar-refractivity contribution < 1.29 is 14.6 Å². The van der Waals surface area contributed by atoms with Crippen LogP contribution in [0.2, 0.25) is 0 Å². The molecule has 0 aliphatic rings. The van der Waals surface area contributed by atoms with Crippen LogP contribution in [0.1, 0.15) is 39.0 Å². The molecule has 0 aliphatic heterocycles. The van der Waals surface area contributed by atoms with Crippen LogP contribution in [0.4, 0.5) is 5.69 Å². The third-order valence-electron chi connectivity index (χ3n) is 3.08. The van der Waals surface area contributed by atoms with Crippen molar-refractivity contribution in [1.29, 1.82) is 0 Å². The molecule has 0 saturated heterocycles. The first-order chi connectivity index (χ1) is 9.17. The molecular formula is C15H23NO3. The Morgan fingerprint density at radius 2 is 1.95 bits per heavy atom. The van der Waals surface area contributed by atoms with Crippen LogP contribution in [0.3, 0.4) is 0 Å². The van der Waals surface area contributed by atoms with Gasteiger partial charge < -0.3 is 15.2 Å². The van der Waals surface area contributed by atoms with Crippen molar-refractivity contribution in [3.63, 3.8) is 0 Å². The van der Waals surface area contributed by atoms with E-state index in [2.05, 4.69) is 12.2 Å². The number of benzene rings is 1. The summed E-state index contributed by atoms with van der Waals surface area (Å²) >= 11 is 0. The lowest BCUT2D eigenvalue weighted by molar-refractivity contribution is -0.138. The first kappa shape index (κ1) is 15.3. The van der Waals surface area contributed by atoms with Crippen molar-refractivity contribution in [1.82, 2.24) is 0 Å². The molecule has 4 heteroatoms. The Bertz CT molecular complexity index is 375. The third kappa shape index (κ3) is 5.64. The van der Waals surface area contributed by atoms with Crippen LogP contribution < -0.4 is 10.1 Å². The lowest BCUT2D eigenvalue weighted by Gasteiger charge is -2.15. The average Bonchev–Trinajstić information content (AvgIpc) is 2.42. The van der Waals surface area contributed by atoms with E-state index in [4.69, 9.17) is 4.74 Å². The Balaban J connectivity index is 2.49. The first-order valence-electron chi connectivity index (χ1n) is 6.80. The molecule has 1 aromatic carbocycles. The molecule has 0 aliphatic carbocycles. The standard InChI is InChI=1S/C15H23NO3/c1-3-4-5-6-7-14(15(17)18)16-12-8-10-13(19-2)11-9-12/h8-11,14,16H,3-7H2,1-2H3,(H,17,18). The molecule has 0 bridgehead atoms. The summed E-state index contributed by atoms with van der Waals surface area (Å²) in [5.41, 5.74) is 0.809.